The molecule has 4 nitrogen and oxygen atoms in total. The molecule has 0 aromatic carbocycles. The van der Waals surface area contributed by atoms with Crippen molar-refractivity contribution in [3.8, 4) is 0 Å². The first-order valence-electron chi connectivity index (χ1n) is 10.8. The van der Waals surface area contributed by atoms with Crippen LogP contribution in [0, 0.1) is 0 Å². The number of thioether (sulfide) groups is 1. The maximum atomic E-state index is 11.1. The van der Waals surface area contributed by atoms with E-state index in [1.54, 1.807) is 11.8 Å². The van der Waals surface area contributed by atoms with Gasteiger partial charge in [0, 0.05) is 5.75 Å². The summed E-state index contributed by atoms with van der Waals surface area (Å²) in [5.74, 6) is 1.83. The number of nitrogens with zero attached hydrogens (tertiary/aromatic N) is 1. The standard InChI is InChI=1S/C21H42N2O2S/c1-3-4-5-6-7-8-9-10-11-12-13-14-15-16-17-26-19-20(18-22)23-21(24)25-2/h20H,3-19H2,1-2H3,(H,23,24). The maximum Gasteiger partial charge on any atom is 0.407 e. The van der Waals surface area contributed by atoms with Crippen LogP contribution in [0.4, 0.5) is 4.79 Å². The van der Waals surface area contributed by atoms with Crippen LogP contribution >= 0.6 is 11.8 Å². The molecular weight excluding hydrogens is 344 g/mol. The predicted octanol–water partition coefficient (Wildman–Crippen LogP) is 5.99. The van der Waals surface area contributed by atoms with Gasteiger partial charge in [0.15, 0.2) is 0 Å². The van der Waals surface area contributed by atoms with Crippen molar-refractivity contribution in [2.24, 2.45) is 0 Å². The summed E-state index contributed by atoms with van der Waals surface area (Å²) in [5, 5.41) is 2.64. The Labute approximate surface area is 166 Å². The van der Waals surface area contributed by atoms with Crippen LogP contribution in [0.1, 0.15) is 96.8 Å². The molecule has 0 bridgehead atoms. The van der Waals surface area contributed by atoms with Gasteiger partial charge in [-0.2, -0.15) is 11.8 Å². The molecule has 0 heterocycles. The summed E-state index contributed by atoms with van der Waals surface area (Å²) in [6, 6.07) is -0.209. The minimum Gasteiger partial charge on any atom is -0.453 e. The number of carbonyl (C=O) groups is 1. The Bertz CT molecular complexity index is 304. The molecule has 0 rings (SSSR count). The molecule has 0 aromatic heterocycles. The van der Waals surface area contributed by atoms with E-state index in [0.29, 0.717) is 0 Å². The number of rotatable bonds is 19. The SMILES string of the molecule is CCCCCCCCCCCCCCCCSCC(C[N])NC(=O)OC. The van der Waals surface area contributed by atoms with Crippen LogP contribution in [0.5, 0.6) is 0 Å². The molecule has 0 fully saturated rings. The Hall–Kier alpha value is -0.420. The summed E-state index contributed by atoms with van der Waals surface area (Å²) in [4.78, 5) is 11.1. The van der Waals surface area contributed by atoms with Gasteiger partial charge in [-0.05, 0) is 12.2 Å². The third-order valence-corrected chi connectivity index (χ3v) is 5.90. The zero-order chi connectivity index (χ0) is 19.3. The van der Waals surface area contributed by atoms with E-state index in [1.807, 2.05) is 0 Å². The molecule has 1 unspecified atom stereocenters. The van der Waals surface area contributed by atoms with Gasteiger partial charge in [-0.15, -0.1) is 5.73 Å². The molecule has 0 spiro atoms. The summed E-state index contributed by atoms with van der Waals surface area (Å²) in [6.45, 7) is 2.23. The van der Waals surface area contributed by atoms with E-state index in [4.69, 9.17) is 0 Å². The molecule has 0 aliphatic rings. The van der Waals surface area contributed by atoms with Crippen LogP contribution in [-0.4, -0.2) is 37.3 Å². The molecule has 0 saturated carbocycles. The molecule has 0 aromatic rings. The third kappa shape index (κ3) is 18.4. The molecule has 1 atom stereocenters. The first-order valence-corrected chi connectivity index (χ1v) is 11.9. The Morgan fingerprint density at radius 3 is 1.77 bits per heavy atom. The zero-order valence-corrected chi connectivity index (χ0v) is 18.1. The number of amides is 1. The number of nitrogens with one attached hydrogen (secondary N) is 1. The lowest BCUT2D eigenvalue weighted by Gasteiger charge is -2.14. The molecular formula is C21H42N2O2S. The zero-order valence-electron chi connectivity index (χ0n) is 17.3. The lowest BCUT2D eigenvalue weighted by atomic mass is 10.0. The normalized spacial score (nSPS) is 12.1. The average molecular weight is 387 g/mol. The fourth-order valence-electron chi connectivity index (χ4n) is 2.99. The minimum absolute atomic E-state index is 0.0408. The van der Waals surface area contributed by atoms with Gasteiger partial charge in [0.1, 0.15) is 0 Å². The number of alkyl carbamates (subject to hydrolysis) is 1. The molecule has 1 N–H and O–H groups in total. The Balaban J connectivity index is 3.20. The van der Waals surface area contributed by atoms with Crippen molar-refractivity contribution in [3.63, 3.8) is 0 Å². The molecule has 0 saturated heterocycles. The second-order valence-corrected chi connectivity index (χ2v) is 8.34. The van der Waals surface area contributed by atoms with Gasteiger partial charge >= 0.3 is 6.09 Å². The Morgan fingerprint density at radius 2 is 1.35 bits per heavy atom. The van der Waals surface area contributed by atoms with Gasteiger partial charge < -0.3 is 10.1 Å². The molecule has 0 aliphatic heterocycles. The maximum absolute atomic E-state index is 11.1. The largest absolute Gasteiger partial charge is 0.453 e. The fraction of sp³-hybridized carbons (Fsp3) is 0.952. The number of unbranched alkanes of at least 4 members (excludes halogenated alkanes) is 13. The Kier molecular flexibility index (Phi) is 20.5. The monoisotopic (exact) mass is 386 g/mol. The van der Waals surface area contributed by atoms with Gasteiger partial charge in [-0.3, -0.25) is 0 Å². The van der Waals surface area contributed by atoms with Crippen LogP contribution in [0.25, 0.3) is 0 Å². The number of hydrogen-bond donors (Lipinski definition) is 1. The molecule has 0 aliphatic carbocycles. The predicted molar refractivity (Wildman–Crippen MR) is 114 cm³/mol. The lowest BCUT2D eigenvalue weighted by Crippen LogP contribution is -2.39. The van der Waals surface area contributed by atoms with Crippen molar-refractivity contribution in [3.05, 3.63) is 0 Å². The van der Waals surface area contributed by atoms with Crippen LogP contribution in [0.2, 0.25) is 0 Å². The second-order valence-electron chi connectivity index (χ2n) is 7.19. The van der Waals surface area contributed by atoms with Crippen molar-refractivity contribution in [1.82, 2.24) is 11.1 Å². The summed E-state index contributed by atoms with van der Waals surface area (Å²) < 4.78 is 4.55. The van der Waals surface area contributed by atoms with Gasteiger partial charge in [-0.25, -0.2) is 4.79 Å². The molecule has 154 valence electrons. The topological polar surface area (TPSA) is 60.6 Å². The highest BCUT2D eigenvalue weighted by Crippen LogP contribution is 2.14. The first-order chi connectivity index (χ1) is 12.7. The fourth-order valence-corrected chi connectivity index (χ4v) is 4.04. The number of methoxy groups -OCH3 is 1. The van der Waals surface area contributed by atoms with E-state index < -0.39 is 6.09 Å². The molecule has 5 heteroatoms. The van der Waals surface area contributed by atoms with E-state index in [0.717, 1.165) is 11.5 Å². The van der Waals surface area contributed by atoms with E-state index in [1.165, 1.54) is 97.0 Å². The quantitative estimate of drug-likeness (QED) is 0.277. The lowest BCUT2D eigenvalue weighted by molar-refractivity contribution is 0.168. The average Bonchev–Trinajstić information content (AvgIpc) is 2.66. The first kappa shape index (κ1) is 25.6. The highest BCUT2D eigenvalue weighted by atomic mass is 32.2. The van der Waals surface area contributed by atoms with Crippen LogP contribution in [0.3, 0.4) is 0 Å². The number of hydrogen-bond acceptors (Lipinski definition) is 3. The van der Waals surface area contributed by atoms with Crippen molar-refractivity contribution < 1.29 is 9.53 Å². The van der Waals surface area contributed by atoms with Gasteiger partial charge in [0.25, 0.3) is 0 Å². The van der Waals surface area contributed by atoms with E-state index in [-0.39, 0.29) is 12.6 Å². The smallest absolute Gasteiger partial charge is 0.407 e. The van der Waals surface area contributed by atoms with Crippen molar-refractivity contribution in [2.45, 2.75) is 103 Å². The summed E-state index contributed by atoms with van der Waals surface area (Å²) >= 11 is 1.79. The van der Waals surface area contributed by atoms with E-state index in [9.17, 15) is 10.5 Å². The van der Waals surface area contributed by atoms with Gasteiger partial charge in [0.05, 0.1) is 19.7 Å². The summed E-state index contributed by atoms with van der Waals surface area (Å²) in [7, 11) is 1.34. The van der Waals surface area contributed by atoms with Crippen molar-refractivity contribution in [1.29, 1.82) is 0 Å². The van der Waals surface area contributed by atoms with Crippen molar-refractivity contribution in [2.75, 3.05) is 25.2 Å². The summed E-state index contributed by atoms with van der Waals surface area (Å²) in [5.41, 5.74) is 9.21. The number of carbonyl (C=O) groups excluding carboxylic acids is 1. The van der Waals surface area contributed by atoms with E-state index >= 15 is 0 Å². The van der Waals surface area contributed by atoms with Crippen LogP contribution in [-0.2, 0) is 4.74 Å². The molecule has 26 heavy (non-hydrogen) atoms. The third-order valence-electron chi connectivity index (χ3n) is 4.69. The van der Waals surface area contributed by atoms with Gasteiger partial charge in [0.2, 0.25) is 0 Å². The highest BCUT2D eigenvalue weighted by molar-refractivity contribution is 7.99. The molecule has 1 amide bonds. The highest BCUT2D eigenvalue weighted by Gasteiger charge is 2.10. The van der Waals surface area contributed by atoms with Gasteiger partial charge in [-0.1, -0.05) is 90.4 Å². The summed E-state index contributed by atoms with van der Waals surface area (Å²) in [6.07, 6.45) is 18.8. The van der Waals surface area contributed by atoms with Crippen LogP contribution < -0.4 is 11.1 Å². The van der Waals surface area contributed by atoms with Crippen LogP contribution in [0.15, 0.2) is 0 Å². The van der Waals surface area contributed by atoms with E-state index in [2.05, 4.69) is 17.0 Å². The van der Waals surface area contributed by atoms with Crippen molar-refractivity contribution >= 4 is 17.9 Å². The Morgan fingerprint density at radius 1 is 0.885 bits per heavy atom. The molecule has 2 radical (unpaired) electrons. The minimum atomic E-state index is -0.471. The number of ether oxygens (including phenoxy) is 1. The second kappa shape index (κ2) is 20.9.